The molecule has 2 unspecified atom stereocenters. The molecular formula is C31H37N7O4. The molecule has 4 rings (SSSR count). The van der Waals surface area contributed by atoms with Crippen LogP contribution in [0.2, 0.25) is 0 Å². The normalized spacial score (nSPS) is 12.4. The molecule has 42 heavy (non-hydrogen) atoms. The van der Waals surface area contributed by atoms with Crippen molar-refractivity contribution in [3.05, 3.63) is 72.6 Å². The number of aromatic nitrogens is 4. The fraction of sp³-hybridized carbons (Fsp3) is 0.323. The van der Waals surface area contributed by atoms with E-state index in [-0.39, 0.29) is 30.3 Å². The molecule has 0 saturated carbocycles. The molecule has 220 valence electrons. The predicted molar refractivity (Wildman–Crippen MR) is 160 cm³/mol. The lowest BCUT2D eigenvalue weighted by Gasteiger charge is -2.20. The van der Waals surface area contributed by atoms with Gasteiger partial charge in [-0.1, -0.05) is 69.3 Å². The van der Waals surface area contributed by atoms with E-state index in [1.54, 1.807) is 19.3 Å². The molecule has 0 aliphatic heterocycles. The van der Waals surface area contributed by atoms with E-state index >= 15 is 0 Å². The average Bonchev–Trinajstić information content (AvgIpc) is 3.69. The molecule has 2 aromatic heterocycles. The first-order valence-corrected chi connectivity index (χ1v) is 13.9. The number of hydrogen-bond acceptors (Lipinski definition) is 6. The third kappa shape index (κ3) is 7.42. The summed E-state index contributed by atoms with van der Waals surface area (Å²) in [5, 5.41) is 8.20. The van der Waals surface area contributed by atoms with E-state index in [4.69, 9.17) is 0 Å². The fourth-order valence-corrected chi connectivity index (χ4v) is 4.38. The van der Waals surface area contributed by atoms with Crippen molar-refractivity contribution in [3.8, 4) is 33.6 Å². The monoisotopic (exact) mass is 571 g/mol. The zero-order chi connectivity index (χ0) is 30.2. The van der Waals surface area contributed by atoms with Crippen LogP contribution in [0, 0.1) is 5.92 Å². The lowest BCUT2D eigenvalue weighted by atomic mass is 10.0. The second-order valence-electron chi connectivity index (χ2n) is 10.3. The Labute approximate surface area is 244 Å². The number of carbonyl (C=O) groups excluding carboxylic acids is 3. The van der Waals surface area contributed by atoms with Crippen molar-refractivity contribution in [1.29, 1.82) is 0 Å². The van der Waals surface area contributed by atoms with Gasteiger partial charge in [0.15, 0.2) is 0 Å². The summed E-state index contributed by atoms with van der Waals surface area (Å²) in [6, 6.07) is 15.4. The number of rotatable bonds is 11. The van der Waals surface area contributed by atoms with Gasteiger partial charge in [0.25, 0.3) is 0 Å². The molecule has 2 atom stereocenters. The van der Waals surface area contributed by atoms with Crippen molar-refractivity contribution in [3.63, 3.8) is 0 Å². The second-order valence-corrected chi connectivity index (χ2v) is 10.3. The molecule has 0 aliphatic rings. The van der Waals surface area contributed by atoms with E-state index < -0.39 is 12.1 Å². The van der Waals surface area contributed by atoms with E-state index in [2.05, 4.69) is 66.6 Å². The zero-order valence-corrected chi connectivity index (χ0v) is 24.4. The standard InChI is InChI=1S/C31H37N7O4/c1-6-27(39)38-28(18(2)3)29-33-16-25(37-29)23-13-9-21(10-14-23)20-7-11-22(12-8-20)24-15-32-26(36-24)17-34-30(40)19(4)35-31(41)42-5/h7-16,18-19,28H,6,17H2,1-5H3,(H,32,36)(H,33,37)(H,34,40)(H,35,41)(H,38,39). The highest BCUT2D eigenvalue weighted by Crippen LogP contribution is 2.28. The minimum atomic E-state index is -0.734. The summed E-state index contributed by atoms with van der Waals surface area (Å²) < 4.78 is 4.51. The molecule has 4 aromatic rings. The number of hydrogen-bond donors (Lipinski definition) is 5. The number of nitrogens with one attached hydrogen (secondary N) is 5. The van der Waals surface area contributed by atoms with E-state index in [9.17, 15) is 14.4 Å². The summed E-state index contributed by atoms with van der Waals surface area (Å²) >= 11 is 0. The first-order chi connectivity index (χ1) is 20.2. The van der Waals surface area contributed by atoms with Gasteiger partial charge in [-0.15, -0.1) is 0 Å². The van der Waals surface area contributed by atoms with Gasteiger partial charge in [0.1, 0.15) is 17.7 Å². The van der Waals surface area contributed by atoms with Crippen LogP contribution in [0.5, 0.6) is 0 Å². The maximum Gasteiger partial charge on any atom is 0.407 e. The molecule has 0 bridgehead atoms. The Morgan fingerprint density at radius 1 is 0.810 bits per heavy atom. The molecule has 2 aromatic carbocycles. The number of aromatic amines is 2. The first kappa shape index (κ1) is 30.0. The highest BCUT2D eigenvalue weighted by atomic mass is 16.5. The number of methoxy groups -OCH3 is 1. The van der Waals surface area contributed by atoms with Crippen LogP contribution in [-0.4, -0.2) is 51.0 Å². The molecule has 0 aliphatic carbocycles. The summed E-state index contributed by atoms with van der Waals surface area (Å²) in [4.78, 5) is 50.9. The number of alkyl carbamates (subject to hydrolysis) is 1. The largest absolute Gasteiger partial charge is 0.453 e. The predicted octanol–water partition coefficient (Wildman–Crippen LogP) is 4.72. The van der Waals surface area contributed by atoms with E-state index in [0.717, 1.165) is 39.5 Å². The number of nitrogens with zero attached hydrogens (tertiary/aromatic N) is 2. The van der Waals surface area contributed by atoms with Crippen molar-refractivity contribution in [2.24, 2.45) is 5.92 Å². The summed E-state index contributed by atoms with van der Waals surface area (Å²) in [5.74, 6) is 1.19. The quantitative estimate of drug-likeness (QED) is 0.176. The first-order valence-electron chi connectivity index (χ1n) is 13.9. The maximum absolute atomic E-state index is 12.2. The maximum atomic E-state index is 12.2. The molecule has 11 nitrogen and oxygen atoms in total. The van der Waals surface area contributed by atoms with Gasteiger partial charge in [-0.3, -0.25) is 9.59 Å². The Kier molecular flexibility index (Phi) is 9.74. The topological polar surface area (TPSA) is 154 Å². The third-order valence-corrected chi connectivity index (χ3v) is 6.89. The lowest BCUT2D eigenvalue weighted by molar-refractivity contribution is -0.123. The van der Waals surface area contributed by atoms with Crippen LogP contribution < -0.4 is 16.0 Å². The fourth-order valence-electron chi connectivity index (χ4n) is 4.38. The second kappa shape index (κ2) is 13.6. The number of H-pyrrole nitrogens is 2. The Morgan fingerprint density at radius 3 is 1.90 bits per heavy atom. The van der Waals surface area contributed by atoms with Crippen LogP contribution >= 0.6 is 0 Å². The average molecular weight is 572 g/mol. The number of ether oxygens (including phenoxy) is 1. The van der Waals surface area contributed by atoms with Crippen molar-refractivity contribution in [1.82, 2.24) is 35.9 Å². The van der Waals surface area contributed by atoms with Gasteiger partial charge < -0.3 is 30.7 Å². The van der Waals surface area contributed by atoms with E-state index in [0.29, 0.717) is 12.2 Å². The van der Waals surface area contributed by atoms with Crippen LogP contribution in [-0.2, 0) is 20.9 Å². The lowest BCUT2D eigenvalue weighted by Crippen LogP contribution is -2.44. The van der Waals surface area contributed by atoms with Crippen LogP contribution in [0.25, 0.3) is 33.6 Å². The highest BCUT2D eigenvalue weighted by molar-refractivity contribution is 5.85. The summed E-state index contributed by atoms with van der Waals surface area (Å²) in [7, 11) is 1.24. The smallest absolute Gasteiger partial charge is 0.407 e. The van der Waals surface area contributed by atoms with Crippen LogP contribution in [0.3, 0.4) is 0 Å². The van der Waals surface area contributed by atoms with Gasteiger partial charge in [0.05, 0.1) is 43.5 Å². The minimum Gasteiger partial charge on any atom is -0.453 e. The molecule has 3 amide bonds. The summed E-state index contributed by atoms with van der Waals surface area (Å²) in [6.07, 6.45) is 3.29. The molecule has 0 saturated heterocycles. The van der Waals surface area contributed by atoms with Crippen LogP contribution in [0.15, 0.2) is 60.9 Å². The Bertz CT molecular complexity index is 1510. The van der Waals surface area contributed by atoms with Gasteiger partial charge in [-0.05, 0) is 35.1 Å². The van der Waals surface area contributed by atoms with E-state index in [1.807, 2.05) is 43.3 Å². The number of benzene rings is 2. The number of amides is 3. The van der Waals surface area contributed by atoms with Crippen molar-refractivity contribution >= 4 is 17.9 Å². The molecule has 5 N–H and O–H groups in total. The van der Waals surface area contributed by atoms with Gasteiger partial charge in [-0.25, -0.2) is 14.8 Å². The Hall–Kier alpha value is -4.93. The number of carbonyl (C=O) groups is 3. The molecular weight excluding hydrogens is 534 g/mol. The molecule has 0 spiro atoms. The van der Waals surface area contributed by atoms with Gasteiger partial charge in [0, 0.05) is 6.42 Å². The van der Waals surface area contributed by atoms with Crippen LogP contribution in [0.1, 0.15) is 51.8 Å². The zero-order valence-electron chi connectivity index (χ0n) is 24.4. The molecule has 11 heteroatoms. The van der Waals surface area contributed by atoms with Crippen molar-refractivity contribution in [2.75, 3.05) is 7.11 Å². The van der Waals surface area contributed by atoms with Gasteiger partial charge >= 0.3 is 6.09 Å². The summed E-state index contributed by atoms with van der Waals surface area (Å²) in [6.45, 7) is 7.72. The number of imidazole rings is 2. The van der Waals surface area contributed by atoms with Crippen molar-refractivity contribution < 1.29 is 19.1 Å². The SMILES string of the molecule is CCC(=O)NC(c1ncc(-c2ccc(-c3ccc(-c4cnc(CNC(=O)C(C)NC(=O)OC)[nH]4)cc3)cc2)[nH]1)C(C)C. The minimum absolute atomic E-state index is 0.00000282. The Morgan fingerprint density at radius 2 is 1.36 bits per heavy atom. The van der Waals surface area contributed by atoms with Crippen molar-refractivity contribution in [2.45, 2.75) is 52.7 Å². The molecule has 0 fully saturated rings. The summed E-state index contributed by atoms with van der Waals surface area (Å²) in [5.41, 5.74) is 5.82. The Balaban J connectivity index is 1.38. The van der Waals surface area contributed by atoms with Gasteiger partial charge in [-0.2, -0.15) is 0 Å². The van der Waals surface area contributed by atoms with Crippen LogP contribution in [0.4, 0.5) is 4.79 Å². The van der Waals surface area contributed by atoms with E-state index in [1.165, 1.54) is 7.11 Å². The highest BCUT2D eigenvalue weighted by Gasteiger charge is 2.21. The van der Waals surface area contributed by atoms with Gasteiger partial charge in [0.2, 0.25) is 11.8 Å². The molecule has 2 heterocycles. The molecule has 0 radical (unpaired) electrons. The third-order valence-electron chi connectivity index (χ3n) is 6.89.